The fourth-order valence-electron chi connectivity index (χ4n) is 7.92. The van der Waals surface area contributed by atoms with E-state index in [4.69, 9.17) is 29.3 Å². The SMILES string of the molecule is CC1(C(OS(=O)(=O)OC(N2C(=O)N3CC2CCC3C(N)=O)C2(C)CCCOC2=O)N2C(=O)N3CC2CCC3C(N)=O)CCCOC1=O. The van der Waals surface area contributed by atoms with E-state index in [0.717, 1.165) is 9.80 Å². The number of nitrogens with zero attached hydrogens (tertiary/aromatic N) is 4. The van der Waals surface area contributed by atoms with Crippen LogP contribution in [0.1, 0.15) is 65.2 Å². The Morgan fingerprint density at radius 1 is 0.745 bits per heavy atom. The summed E-state index contributed by atoms with van der Waals surface area (Å²) in [6, 6.07) is -4.61. The predicted molar refractivity (Wildman–Crippen MR) is 155 cm³/mol. The minimum absolute atomic E-state index is 0.0473. The first-order valence-electron chi connectivity index (χ1n) is 15.8. The number of cyclic esters (lactones) is 2. The number of carbonyl (C=O) groups is 6. The third-order valence-electron chi connectivity index (χ3n) is 10.6. The number of fused-ring (bicyclic) bond motifs is 4. The van der Waals surface area contributed by atoms with Crippen molar-refractivity contribution in [2.75, 3.05) is 26.3 Å². The van der Waals surface area contributed by atoms with Gasteiger partial charge < -0.3 is 30.7 Å². The molecular formula is C28H40N6O12S. The topological polar surface area (TPSA) is 238 Å². The van der Waals surface area contributed by atoms with Gasteiger partial charge in [0.15, 0.2) is 12.5 Å². The van der Waals surface area contributed by atoms with Crippen LogP contribution in [0, 0.1) is 10.8 Å². The third kappa shape index (κ3) is 5.44. The van der Waals surface area contributed by atoms with Crippen LogP contribution >= 0.6 is 0 Å². The molecule has 6 heterocycles. The lowest BCUT2D eigenvalue weighted by Gasteiger charge is -2.44. The molecule has 8 unspecified atom stereocenters. The second kappa shape index (κ2) is 11.8. The molecule has 0 saturated carbocycles. The van der Waals surface area contributed by atoms with Gasteiger partial charge in [0.2, 0.25) is 11.8 Å². The Balaban J connectivity index is 1.36. The summed E-state index contributed by atoms with van der Waals surface area (Å²) in [5.41, 5.74) is 7.71. The largest absolute Gasteiger partial charge is 0.465 e. The number of rotatable bonds is 10. The number of piperidine rings is 2. The van der Waals surface area contributed by atoms with Crippen LogP contribution in [0.2, 0.25) is 0 Å². The number of hydrogen-bond donors (Lipinski definition) is 2. The van der Waals surface area contributed by atoms with Crippen molar-refractivity contribution in [1.82, 2.24) is 19.6 Å². The monoisotopic (exact) mass is 684 g/mol. The lowest BCUT2D eigenvalue weighted by atomic mass is 9.81. The Kier molecular flexibility index (Phi) is 8.31. The normalized spacial score (nSPS) is 35.4. The highest BCUT2D eigenvalue weighted by atomic mass is 32.3. The molecule has 6 fully saturated rings. The number of urea groups is 2. The molecular weight excluding hydrogens is 644 g/mol. The molecule has 0 radical (unpaired) electrons. The van der Waals surface area contributed by atoms with Gasteiger partial charge in [-0.05, 0) is 65.2 Å². The minimum Gasteiger partial charge on any atom is -0.465 e. The number of carbonyl (C=O) groups excluding carboxylic acids is 6. The van der Waals surface area contributed by atoms with Gasteiger partial charge in [-0.2, -0.15) is 8.42 Å². The lowest BCUT2D eigenvalue weighted by molar-refractivity contribution is -0.180. The quantitative estimate of drug-likeness (QED) is 0.267. The first-order chi connectivity index (χ1) is 22.1. The summed E-state index contributed by atoms with van der Waals surface area (Å²) in [6.07, 6.45) is -1.70. The Bertz CT molecular complexity index is 1390. The van der Waals surface area contributed by atoms with E-state index >= 15 is 0 Å². The highest BCUT2D eigenvalue weighted by molar-refractivity contribution is 7.81. The molecule has 0 aromatic carbocycles. The molecule has 18 nitrogen and oxygen atoms in total. The van der Waals surface area contributed by atoms with E-state index in [1.165, 1.54) is 23.6 Å². The number of ether oxygens (including phenoxy) is 2. The van der Waals surface area contributed by atoms with E-state index in [0.29, 0.717) is 12.8 Å². The van der Waals surface area contributed by atoms with Gasteiger partial charge in [-0.1, -0.05) is 0 Å². The van der Waals surface area contributed by atoms with E-state index in [1.54, 1.807) is 0 Å². The Morgan fingerprint density at radius 2 is 1.13 bits per heavy atom. The van der Waals surface area contributed by atoms with Crippen LogP contribution in [0.4, 0.5) is 9.59 Å². The van der Waals surface area contributed by atoms with Crippen molar-refractivity contribution in [3.8, 4) is 0 Å². The standard InChI is InChI=1S/C28H40N6O12S/c1-27(9-3-11-43-23(27)37)21(33-15-5-7-17(19(29)35)31(13-15)25(33)39)45-47(41,42)46-22(28(2)10-4-12-44-24(28)38)34-16-6-8-18(20(30)36)32(14-16)26(34)40/h15-18,21-22H,3-14H2,1-2H3,(H2,29,35)(H2,30,36). The molecule has 6 rings (SSSR count). The van der Waals surface area contributed by atoms with Crippen LogP contribution in [0.5, 0.6) is 0 Å². The van der Waals surface area contributed by atoms with E-state index < -0.39 is 93.7 Å². The maximum absolute atomic E-state index is 14.1. The maximum Gasteiger partial charge on any atom is 0.403 e. The summed E-state index contributed by atoms with van der Waals surface area (Å²) < 4.78 is 50.2. The van der Waals surface area contributed by atoms with E-state index in [9.17, 15) is 37.2 Å². The summed E-state index contributed by atoms with van der Waals surface area (Å²) in [6.45, 7) is 3.11. The molecule has 0 aliphatic carbocycles. The predicted octanol–water partition coefficient (Wildman–Crippen LogP) is -0.889. The molecule has 0 spiro atoms. The van der Waals surface area contributed by atoms with E-state index in [1.807, 2.05) is 0 Å². The molecule has 19 heteroatoms. The third-order valence-corrected chi connectivity index (χ3v) is 11.4. The second-order valence-electron chi connectivity index (χ2n) is 13.6. The van der Waals surface area contributed by atoms with Crippen LogP contribution in [0.25, 0.3) is 0 Å². The lowest BCUT2D eigenvalue weighted by Crippen LogP contribution is -2.60. The number of amides is 6. The molecule has 6 amide bonds. The van der Waals surface area contributed by atoms with Gasteiger partial charge in [0, 0.05) is 13.1 Å². The molecule has 4 bridgehead atoms. The Morgan fingerprint density at radius 3 is 1.47 bits per heavy atom. The molecule has 260 valence electrons. The molecule has 0 aromatic heterocycles. The van der Waals surface area contributed by atoms with Gasteiger partial charge in [0.1, 0.15) is 22.9 Å². The fraction of sp³-hybridized carbons (Fsp3) is 0.786. The van der Waals surface area contributed by atoms with E-state index in [2.05, 4.69) is 0 Å². The Hall–Kier alpha value is -3.71. The second-order valence-corrected chi connectivity index (χ2v) is 14.8. The highest BCUT2D eigenvalue weighted by Gasteiger charge is 2.61. The van der Waals surface area contributed by atoms with Crippen LogP contribution in [0.3, 0.4) is 0 Å². The van der Waals surface area contributed by atoms with Crippen LogP contribution in [-0.4, -0.2) is 127 Å². The molecule has 8 atom stereocenters. The van der Waals surface area contributed by atoms with Gasteiger partial charge in [0.05, 0.1) is 25.3 Å². The molecule has 47 heavy (non-hydrogen) atoms. The van der Waals surface area contributed by atoms with Gasteiger partial charge in [0.25, 0.3) is 0 Å². The summed E-state index contributed by atoms with van der Waals surface area (Å²) in [5, 5.41) is 0. The number of primary amides is 2. The molecule has 4 N–H and O–H groups in total. The first kappa shape index (κ1) is 33.2. The zero-order valence-corrected chi connectivity index (χ0v) is 27.0. The van der Waals surface area contributed by atoms with Crippen LogP contribution < -0.4 is 11.5 Å². The zero-order valence-electron chi connectivity index (χ0n) is 26.2. The summed E-state index contributed by atoms with van der Waals surface area (Å²) in [4.78, 5) is 83.0. The summed E-state index contributed by atoms with van der Waals surface area (Å²) in [5.74, 6) is -3.04. The minimum atomic E-state index is -5.26. The van der Waals surface area contributed by atoms with Crippen molar-refractivity contribution in [1.29, 1.82) is 0 Å². The molecule has 6 aliphatic rings. The summed E-state index contributed by atoms with van der Waals surface area (Å²) >= 11 is 0. The smallest absolute Gasteiger partial charge is 0.403 e. The average molecular weight is 685 g/mol. The van der Waals surface area contributed by atoms with Gasteiger partial charge in [-0.25, -0.2) is 18.0 Å². The summed E-state index contributed by atoms with van der Waals surface area (Å²) in [7, 11) is -5.26. The first-order valence-corrected chi connectivity index (χ1v) is 17.1. The van der Waals surface area contributed by atoms with Gasteiger partial charge in [-0.15, -0.1) is 0 Å². The number of nitrogens with two attached hydrogens (primary N) is 2. The van der Waals surface area contributed by atoms with Crippen LogP contribution in [0.15, 0.2) is 0 Å². The van der Waals surface area contributed by atoms with Gasteiger partial charge >= 0.3 is 34.4 Å². The van der Waals surface area contributed by atoms with Crippen LogP contribution in [-0.2, 0) is 47.4 Å². The number of esters is 2. The maximum atomic E-state index is 14.1. The van der Waals surface area contributed by atoms with Crippen molar-refractivity contribution >= 4 is 46.2 Å². The highest BCUT2D eigenvalue weighted by Crippen LogP contribution is 2.45. The average Bonchev–Trinajstić information content (AvgIpc) is 3.40. The zero-order chi connectivity index (χ0) is 34.1. The Labute approximate surface area is 271 Å². The molecule has 6 aliphatic heterocycles. The van der Waals surface area contributed by atoms with Crippen molar-refractivity contribution in [2.24, 2.45) is 22.3 Å². The number of hydrogen-bond acceptors (Lipinski definition) is 12. The molecule has 0 aromatic rings. The van der Waals surface area contributed by atoms with Crippen molar-refractivity contribution < 1.29 is 55.0 Å². The van der Waals surface area contributed by atoms with Gasteiger partial charge in [-0.3, -0.25) is 29.0 Å². The molecule has 6 saturated heterocycles. The van der Waals surface area contributed by atoms with Crippen molar-refractivity contribution in [2.45, 2.75) is 102 Å². The van der Waals surface area contributed by atoms with E-state index in [-0.39, 0.29) is 64.8 Å². The fourth-order valence-corrected chi connectivity index (χ4v) is 9.02. The van der Waals surface area contributed by atoms with Crippen molar-refractivity contribution in [3.63, 3.8) is 0 Å². The van der Waals surface area contributed by atoms with Crippen molar-refractivity contribution in [3.05, 3.63) is 0 Å².